The van der Waals surface area contributed by atoms with Crippen LogP contribution in [0.4, 0.5) is 11.4 Å². The fourth-order valence-electron chi connectivity index (χ4n) is 3.54. The molecule has 0 radical (unpaired) electrons. The molecular weight excluding hydrogens is 386 g/mol. The summed E-state index contributed by atoms with van der Waals surface area (Å²) < 4.78 is 27.6. The predicted octanol–water partition coefficient (Wildman–Crippen LogP) is 3.50. The third kappa shape index (κ3) is 5.36. The minimum Gasteiger partial charge on any atom is -0.376 e. The number of rotatable bonds is 7. The molecular formula is C22H29N3O3S. The Hall–Kier alpha value is -2.38. The van der Waals surface area contributed by atoms with Crippen molar-refractivity contribution in [2.24, 2.45) is 0 Å². The van der Waals surface area contributed by atoms with E-state index in [0.717, 1.165) is 30.5 Å². The second-order valence-corrected chi connectivity index (χ2v) is 9.51. The highest BCUT2D eigenvalue weighted by Gasteiger charge is 2.27. The first-order chi connectivity index (χ1) is 13.9. The van der Waals surface area contributed by atoms with Gasteiger partial charge in [0.2, 0.25) is 15.9 Å². The van der Waals surface area contributed by atoms with Gasteiger partial charge in [-0.3, -0.25) is 4.79 Å². The van der Waals surface area contributed by atoms with E-state index in [-0.39, 0.29) is 10.8 Å². The summed E-state index contributed by atoms with van der Waals surface area (Å²) >= 11 is 0. The number of nitrogens with one attached hydrogen (secondary N) is 1. The zero-order chi connectivity index (χ0) is 20.9. The lowest BCUT2D eigenvalue weighted by atomic mass is 10.1. The van der Waals surface area contributed by atoms with Gasteiger partial charge in [-0.1, -0.05) is 36.8 Å². The number of aryl methyl sites for hydroxylation is 1. The van der Waals surface area contributed by atoms with E-state index >= 15 is 0 Å². The second kappa shape index (κ2) is 9.41. The minimum atomic E-state index is -3.55. The molecule has 3 rings (SSSR count). The first-order valence-electron chi connectivity index (χ1n) is 10.0. The fraction of sp³-hybridized carbons (Fsp3) is 0.409. The van der Waals surface area contributed by atoms with Gasteiger partial charge in [0.25, 0.3) is 0 Å². The number of amides is 1. The Bertz CT molecular complexity index is 937. The molecule has 0 spiro atoms. The average Bonchev–Trinajstić information content (AvgIpc) is 2.73. The van der Waals surface area contributed by atoms with Crippen molar-refractivity contribution in [1.29, 1.82) is 0 Å². The molecule has 1 N–H and O–H groups in total. The highest BCUT2D eigenvalue weighted by Crippen LogP contribution is 2.30. The van der Waals surface area contributed by atoms with Crippen LogP contribution < -0.4 is 10.2 Å². The van der Waals surface area contributed by atoms with E-state index in [1.54, 1.807) is 22.5 Å². The van der Waals surface area contributed by atoms with Gasteiger partial charge in [0.15, 0.2) is 0 Å². The van der Waals surface area contributed by atoms with Crippen molar-refractivity contribution in [3.8, 4) is 0 Å². The summed E-state index contributed by atoms with van der Waals surface area (Å²) in [6, 6.07) is 14.8. The number of piperidine rings is 1. The zero-order valence-corrected chi connectivity index (χ0v) is 17.9. The van der Waals surface area contributed by atoms with Crippen LogP contribution in [0.5, 0.6) is 0 Å². The van der Waals surface area contributed by atoms with Gasteiger partial charge < -0.3 is 10.2 Å². The maximum atomic E-state index is 13.0. The van der Waals surface area contributed by atoms with E-state index in [9.17, 15) is 13.2 Å². The Morgan fingerprint density at radius 1 is 1.03 bits per heavy atom. The van der Waals surface area contributed by atoms with Gasteiger partial charge >= 0.3 is 0 Å². The van der Waals surface area contributed by atoms with Gasteiger partial charge in [-0.25, -0.2) is 8.42 Å². The number of sulfonamides is 1. The van der Waals surface area contributed by atoms with Crippen molar-refractivity contribution >= 4 is 27.3 Å². The Balaban J connectivity index is 1.78. The van der Waals surface area contributed by atoms with Crippen LogP contribution in [0.3, 0.4) is 0 Å². The minimum absolute atomic E-state index is 0.135. The molecule has 1 fully saturated rings. The molecule has 29 heavy (non-hydrogen) atoms. The topological polar surface area (TPSA) is 69.7 Å². The highest BCUT2D eigenvalue weighted by molar-refractivity contribution is 7.89. The molecule has 0 aliphatic carbocycles. The summed E-state index contributed by atoms with van der Waals surface area (Å²) in [6.07, 6.45) is 3.81. The number of benzene rings is 2. The lowest BCUT2D eigenvalue weighted by Crippen LogP contribution is -2.35. The molecule has 6 nitrogen and oxygen atoms in total. The van der Waals surface area contributed by atoms with Crippen molar-refractivity contribution in [2.75, 3.05) is 37.4 Å². The third-order valence-electron chi connectivity index (χ3n) is 5.16. The maximum absolute atomic E-state index is 13.0. The van der Waals surface area contributed by atoms with Gasteiger partial charge in [0, 0.05) is 33.6 Å². The van der Waals surface area contributed by atoms with Crippen LogP contribution in [-0.4, -0.2) is 45.8 Å². The Morgan fingerprint density at radius 2 is 1.72 bits per heavy atom. The molecule has 1 amide bonds. The molecule has 1 heterocycles. The molecule has 1 saturated heterocycles. The van der Waals surface area contributed by atoms with Gasteiger partial charge in [-0.05, 0) is 43.0 Å². The van der Waals surface area contributed by atoms with Crippen molar-refractivity contribution in [3.05, 3.63) is 54.1 Å². The summed E-state index contributed by atoms with van der Waals surface area (Å²) in [7, 11) is 0.183. The third-order valence-corrected chi connectivity index (χ3v) is 7.05. The second-order valence-electron chi connectivity index (χ2n) is 7.57. The largest absolute Gasteiger partial charge is 0.376 e. The molecule has 2 aromatic carbocycles. The number of carbonyl (C=O) groups is 1. The van der Waals surface area contributed by atoms with Crippen LogP contribution in [0, 0.1) is 0 Å². The lowest BCUT2D eigenvalue weighted by molar-refractivity contribution is -0.116. The number of hydrogen-bond acceptors (Lipinski definition) is 4. The molecule has 2 aromatic rings. The number of nitrogens with zero attached hydrogens (tertiary/aromatic N) is 2. The molecule has 0 atom stereocenters. The van der Waals surface area contributed by atoms with E-state index in [1.165, 1.54) is 0 Å². The summed E-state index contributed by atoms with van der Waals surface area (Å²) in [4.78, 5) is 14.6. The van der Waals surface area contributed by atoms with Crippen LogP contribution in [0.1, 0.15) is 31.2 Å². The van der Waals surface area contributed by atoms with Crippen LogP contribution in [0.25, 0.3) is 0 Å². The molecule has 0 saturated carbocycles. The van der Waals surface area contributed by atoms with Gasteiger partial charge in [0.05, 0.1) is 16.3 Å². The lowest BCUT2D eigenvalue weighted by Gasteiger charge is -2.26. The molecule has 156 valence electrons. The van der Waals surface area contributed by atoms with Crippen molar-refractivity contribution in [2.45, 2.75) is 37.0 Å². The Kier molecular flexibility index (Phi) is 6.92. The normalized spacial score (nSPS) is 15.1. The van der Waals surface area contributed by atoms with Gasteiger partial charge in [-0.15, -0.1) is 0 Å². The molecule has 1 aliphatic heterocycles. The first-order valence-corrected chi connectivity index (χ1v) is 11.5. The quantitative estimate of drug-likeness (QED) is 0.751. The first kappa shape index (κ1) is 21.3. The van der Waals surface area contributed by atoms with Crippen LogP contribution >= 0.6 is 0 Å². The predicted molar refractivity (Wildman–Crippen MR) is 117 cm³/mol. The summed E-state index contributed by atoms with van der Waals surface area (Å²) in [6.45, 7) is 1.10. The molecule has 0 aromatic heterocycles. The molecule has 1 aliphatic rings. The fourth-order valence-corrected chi connectivity index (χ4v) is 5.08. The monoisotopic (exact) mass is 415 g/mol. The van der Waals surface area contributed by atoms with E-state index in [0.29, 0.717) is 31.6 Å². The molecule has 0 bridgehead atoms. The van der Waals surface area contributed by atoms with E-state index in [1.807, 2.05) is 49.3 Å². The smallest absolute Gasteiger partial charge is 0.243 e. The van der Waals surface area contributed by atoms with Crippen LogP contribution in [0.2, 0.25) is 0 Å². The van der Waals surface area contributed by atoms with Crippen molar-refractivity contribution in [1.82, 2.24) is 4.31 Å². The summed E-state index contributed by atoms with van der Waals surface area (Å²) in [5, 5.41) is 2.91. The Morgan fingerprint density at radius 3 is 2.38 bits per heavy atom. The van der Waals surface area contributed by atoms with E-state index in [2.05, 4.69) is 5.32 Å². The van der Waals surface area contributed by atoms with E-state index in [4.69, 9.17) is 0 Å². The molecule has 7 heteroatoms. The van der Waals surface area contributed by atoms with Crippen molar-refractivity contribution in [3.63, 3.8) is 0 Å². The average molecular weight is 416 g/mol. The van der Waals surface area contributed by atoms with Crippen LogP contribution in [-0.2, 0) is 21.2 Å². The van der Waals surface area contributed by atoms with Crippen molar-refractivity contribution < 1.29 is 13.2 Å². The van der Waals surface area contributed by atoms with Gasteiger partial charge in [-0.2, -0.15) is 4.31 Å². The Labute approximate surface area is 173 Å². The number of anilines is 2. The summed E-state index contributed by atoms with van der Waals surface area (Å²) in [5.74, 6) is -0.135. The standard InChI is InChI=1S/C22H29N3O3S/c1-24(2)21-13-12-19(29(27,28)25-15-7-4-8-16-25)17-20(21)23-22(26)14-11-18-9-5-3-6-10-18/h3,5-6,9-10,12-13,17H,4,7-8,11,14-16H2,1-2H3,(H,23,26). The molecule has 0 unspecified atom stereocenters. The van der Waals surface area contributed by atoms with Gasteiger partial charge in [0.1, 0.15) is 0 Å². The number of carbonyl (C=O) groups excluding carboxylic acids is 1. The summed E-state index contributed by atoms with van der Waals surface area (Å²) in [5.41, 5.74) is 2.39. The number of hydrogen-bond donors (Lipinski definition) is 1. The van der Waals surface area contributed by atoms with Crippen LogP contribution in [0.15, 0.2) is 53.4 Å². The zero-order valence-electron chi connectivity index (χ0n) is 17.1. The maximum Gasteiger partial charge on any atom is 0.243 e. The van der Waals surface area contributed by atoms with E-state index < -0.39 is 10.0 Å². The highest BCUT2D eigenvalue weighted by atomic mass is 32.2. The SMILES string of the molecule is CN(C)c1ccc(S(=O)(=O)N2CCCCC2)cc1NC(=O)CCc1ccccc1.